The maximum absolute atomic E-state index is 5.67. The first kappa shape index (κ1) is 13.0. The fourth-order valence-corrected chi connectivity index (χ4v) is 2.78. The third-order valence-electron chi connectivity index (χ3n) is 4.25. The van der Waals surface area contributed by atoms with Crippen LogP contribution in [-0.4, -0.2) is 12.7 Å². The zero-order chi connectivity index (χ0) is 11.3. The highest BCUT2D eigenvalue weighted by molar-refractivity contribution is 4.78. The summed E-state index contributed by atoms with van der Waals surface area (Å²) in [5.41, 5.74) is 0.159. The normalized spacial score (nSPS) is 34.6. The molecule has 0 heterocycles. The third-order valence-corrected chi connectivity index (χ3v) is 4.25. The van der Waals surface area contributed by atoms with Crippen molar-refractivity contribution >= 4 is 0 Å². The van der Waals surface area contributed by atoms with Gasteiger partial charge in [-0.2, -0.15) is 0 Å². The lowest BCUT2D eigenvalue weighted by atomic mass is 9.86. The van der Waals surface area contributed by atoms with E-state index in [2.05, 4.69) is 20.8 Å². The largest absolute Gasteiger partial charge is 0.379 e. The van der Waals surface area contributed by atoms with Gasteiger partial charge >= 0.3 is 0 Å². The molecule has 1 heteroatoms. The fraction of sp³-hybridized carbons (Fsp3) is 1.00. The van der Waals surface area contributed by atoms with Gasteiger partial charge in [0.2, 0.25) is 0 Å². The maximum Gasteiger partial charge on any atom is 0.0650 e. The summed E-state index contributed by atoms with van der Waals surface area (Å²) in [6, 6.07) is 0. The van der Waals surface area contributed by atoms with Crippen LogP contribution in [0.5, 0.6) is 0 Å². The molecule has 0 aliphatic heterocycles. The highest BCUT2D eigenvalue weighted by Gasteiger charge is 2.25. The Morgan fingerprint density at radius 1 is 1.07 bits per heavy atom. The van der Waals surface area contributed by atoms with Gasteiger partial charge in [-0.25, -0.2) is 0 Å². The van der Waals surface area contributed by atoms with E-state index in [1.54, 1.807) is 0 Å². The van der Waals surface area contributed by atoms with Gasteiger partial charge < -0.3 is 4.74 Å². The first-order valence-corrected chi connectivity index (χ1v) is 6.62. The number of methoxy groups -OCH3 is 1. The Bertz CT molecular complexity index is 176. The van der Waals surface area contributed by atoms with E-state index in [0.29, 0.717) is 0 Å². The zero-order valence-electron chi connectivity index (χ0n) is 11.0. The van der Waals surface area contributed by atoms with Gasteiger partial charge in [0.15, 0.2) is 0 Å². The van der Waals surface area contributed by atoms with E-state index in [1.165, 1.54) is 44.9 Å². The van der Waals surface area contributed by atoms with Crippen molar-refractivity contribution in [3.8, 4) is 0 Å². The minimum absolute atomic E-state index is 0.159. The van der Waals surface area contributed by atoms with Gasteiger partial charge in [-0.1, -0.05) is 46.0 Å². The van der Waals surface area contributed by atoms with Crippen LogP contribution in [0.2, 0.25) is 0 Å². The van der Waals surface area contributed by atoms with E-state index in [-0.39, 0.29) is 5.60 Å². The minimum Gasteiger partial charge on any atom is -0.379 e. The molecule has 0 amide bonds. The number of rotatable bonds is 2. The second-order valence-electron chi connectivity index (χ2n) is 5.80. The fourth-order valence-electron chi connectivity index (χ4n) is 2.78. The van der Waals surface area contributed by atoms with Crippen LogP contribution in [0.3, 0.4) is 0 Å². The van der Waals surface area contributed by atoms with Crippen LogP contribution in [0.15, 0.2) is 0 Å². The van der Waals surface area contributed by atoms with E-state index >= 15 is 0 Å². The van der Waals surface area contributed by atoms with Gasteiger partial charge in [0.25, 0.3) is 0 Å². The molecule has 90 valence electrons. The molecule has 0 saturated heterocycles. The molecule has 1 aliphatic carbocycles. The summed E-state index contributed by atoms with van der Waals surface area (Å²) in [4.78, 5) is 0. The van der Waals surface area contributed by atoms with Gasteiger partial charge in [-0.3, -0.25) is 0 Å². The molecule has 0 aromatic rings. The van der Waals surface area contributed by atoms with Crippen LogP contribution >= 0.6 is 0 Å². The van der Waals surface area contributed by atoms with E-state index in [4.69, 9.17) is 4.74 Å². The summed E-state index contributed by atoms with van der Waals surface area (Å²) in [5.74, 6) is 1.81. The molecular weight excluding hydrogens is 184 g/mol. The lowest BCUT2D eigenvalue weighted by molar-refractivity contribution is -0.0110. The van der Waals surface area contributed by atoms with Crippen LogP contribution in [0.4, 0.5) is 0 Å². The summed E-state index contributed by atoms with van der Waals surface area (Å²) in [6.45, 7) is 7.03. The molecule has 1 saturated carbocycles. The standard InChI is InChI=1S/C14H28O/c1-12(2)13-8-5-6-10-14(3,15-4)11-7-9-13/h12-13H,5-11H2,1-4H3. The smallest absolute Gasteiger partial charge is 0.0650 e. The van der Waals surface area contributed by atoms with Crippen LogP contribution in [0.1, 0.15) is 65.7 Å². The number of hydrogen-bond donors (Lipinski definition) is 0. The summed E-state index contributed by atoms with van der Waals surface area (Å²) >= 11 is 0. The van der Waals surface area contributed by atoms with Crippen LogP contribution in [0, 0.1) is 11.8 Å². The van der Waals surface area contributed by atoms with Crippen molar-refractivity contribution in [2.45, 2.75) is 71.3 Å². The molecule has 2 unspecified atom stereocenters. The molecule has 0 aromatic heterocycles. The quantitative estimate of drug-likeness (QED) is 0.659. The van der Waals surface area contributed by atoms with E-state index in [1.807, 2.05) is 7.11 Å². The van der Waals surface area contributed by atoms with E-state index in [0.717, 1.165) is 11.8 Å². The minimum atomic E-state index is 0.159. The second-order valence-corrected chi connectivity index (χ2v) is 5.80. The SMILES string of the molecule is COC1(C)CCCCC(C(C)C)CCC1. The Kier molecular flexibility index (Phi) is 5.11. The molecule has 0 aromatic carbocycles. The molecule has 1 rings (SSSR count). The van der Waals surface area contributed by atoms with Gasteiger partial charge in [0, 0.05) is 7.11 Å². The monoisotopic (exact) mass is 212 g/mol. The number of ether oxygens (including phenoxy) is 1. The number of hydrogen-bond acceptors (Lipinski definition) is 1. The first-order chi connectivity index (χ1) is 7.07. The molecule has 1 fully saturated rings. The van der Waals surface area contributed by atoms with Crippen molar-refractivity contribution in [3.05, 3.63) is 0 Å². The maximum atomic E-state index is 5.67. The van der Waals surface area contributed by atoms with Crippen molar-refractivity contribution in [2.75, 3.05) is 7.11 Å². The zero-order valence-corrected chi connectivity index (χ0v) is 11.0. The Morgan fingerprint density at radius 3 is 2.27 bits per heavy atom. The molecule has 0 radical (unpaired) electrons. The second kappa shape index (κ2) is 5.89. The summed E-state index contributed by atoms with van der Waals surface area (Å²) < 4.78 is 5.67. The Balaban J connectivity index is 2.48. The summed E-state index contributed by atoms with van der Waals surface area (Å²) in [7, 11) is 1.87. The van der Waals surface area contributed by atoms with Crippen molar-refractivity contribution in [1.82, 2.24) is 0 Å². The average Bonchev–Trinajstić information content (AvgIpc) is 2.29. The van der Waals surface area contributed by atoms with Crippen molar-refractivity contribution in [2.24, 2.45) is 11.8 Å². The molecule has 1 nitrogen and oxygen atoms in total. The summed E-state index contributed by atoms with van der Waals surface area (Å²) in [6.07, 6.45) is 9.39. The van der Waals surface area contributed by atoms with Crippen LogP contribution in [-0.2, 0) is 4.74 Å². The Hall–Kier alpha value is -0.0400. The third kappa shape index (κ3) is 4.14. The first-order valence-electron chi connectivity index (χ1n) is 6.62. The van der Waals surface area contributed by atoms with Crippen molar-refractivity contribution < 1.29 is 4.74 Å². The lowest BCUT2D eigenvalue weighted by Gasteiger charge is -2.27. The molecule has 2 atom stereocenters. The van der Waals surface area contributed by atoms with E-state index < -0.39 is 0 Å². The van der Waals surface area contributed by atoms with Crippen LogP contribution < -0.4 is 0 Å². The average molecular weight is 212 g/mol. The molecular formula is C14H28O. The highest BCUT2D eigenvalue weighted by atomic mass is 16.5. The van der Waals surface area contributed by atoms with Gasteiger partial charge in [0.05, 0.1) is 5.60 Å². The molecule has 0 bridgehead atoms. The Morgan fingerprint density at radius 2 is 1.67 bits per heavy atom. The predicted octanol–water partition coefficient (Wildman–Crippen LogP) is 4.41. The van der Waals surface area contributed by atoms with Crippen LogP contribution in [0.25, 0.3) is 0 Å². The lowest BCUT2D eigenvalue weighted by Crippen LogP contribution is -2.26. The topological polar surface area (TPSA) is 9.23 Å². The molecule has 0 N–H and O–H groups in total. The van der Waals surface area contributed by atoms with Crippen molar-refractivity contribution in [3.63, 3.8) is 0 Å². The van der Waals surface area contributed by atoms with Gasteiger partial charge in [0.1, 0.15) is 0 Å². The van der Waals surface area contributed by atoms with Gasteiger partial charge in [-0.05, 0) is 31.6 Å². The van der Waals surface area contributed by atoms with Crippen molar-refractivity contribution in [1.29, 1.82) is 0 Å². The highest BCUT2D eigenvalue weighted by Crippen LogP contribution is 2.32. The van der Waals surface area contributed by atoms with E-state index in [9.17, 15) is 0 Å². The molecule has 15 heavy (non-hydrogen) atoms. The molecule has 1 aliphatic rings. The van der Waals surface area contributed by atoms with Gasteiger partial charge in [-0.15, -0.1) is 0 Å². The predicted molar refractivity (Wildman–Crippen MR) is 66.1 cm³/mol. The summed E-state index contributed by atoms with van der Waals surface area (Å²) in [5, 5.41) is 0. The Labute approximate surface area is 95.6 Å². The molecule has 0 spiro atoms.